The Labute approximate surface area is 105 Å². The van der Waals surface area contributed by atoms with Crippen molar-refractivity contribution in [1.29, 1.82) is 0 Å². The Balaban J connectivity index is 1.97. The van der Waals surface area contributed by atoms with Crippen molar-refractivity contribution in [2.45, 2.75) is 29.0 Å². The minimum absolute atomic E-state index is 0.0914. The summed E-state index contributed by atoms with van der Waals surface area (Å²) in [5.74, 6) is 0.608. The summed E-state index contributed by atoms with van der Waals surface area (Å²) >= 11 is 7.46. The van der Waals surface area contributed by atoms with Gasteiger partial charge in [-0.2, -0.15) is 0 Å². The van der Waals surface area contributed by atoms with Crippen LogP contribution in [0.15, 0.2) is 29.2 Å². The monoisotopic (exact) mass is 257 g/mol. The van der Waals surface area contributed by atoms with E-state index in [-0.39, 0.29) is 17.9 Å². The van der Waals surface area contributed by atoms with Gasteiger partial charge < -0.3 is 10.8 Å². The number of benzene rings is 1. The molecule has 16 heavy (non-hydrogen) atoms. The predicted octanol–water partition coefficient (Wildman–Crippen LogP) is 2.53. The average molecular weight is 258 g/mol. The van der Waals surface area contributed by atoms with Crippen molar-refractivity contribution in [2.75, 3.05) is 6.61 Å². The van der Waals surface area contributed by atoms with Gasteiger partial charge in [0.2, 0.25) is 0 Å². The zero-order chi connectivity index (χ0) is 11.5. The summed E-state index contributed by atoms with van der Waals surface area (Å²) in [6.07, 6.45) is 2.41. The van der Waals surface area contributed by atoms with E-state index in [9.17, 15) is 5.11 Å². The van der Waals surface area contributed by atoms with E-state index in [1.807, 2.05) is 24.3 Å². The number of thioether (sulfide) groups is 1. The van der Waals surface area contributed by atoms with Crippen LogP contribution in [0.4, 0.5) is 0 Å². The zero-order valence-corrected chi connectivity index (χ0v) is 10.5. The minimum Gasteiger partial charge on any atom is -0.395 e. The number of halogens is 1. The molecule has 0 spiro atoms. The fourth-order valence-electron chi connectivity index (χ4n) is 1.71. The maximum atomic E-state index is 9.36. The predicted molar refractivity (Wildman–Crippen MR) is 68.9 cm³/mol. The average Bonchev–Trinajstić information content (AvgIpc) is 3.11. The van der Waals surface area contributed by atoms with Gasteiger partial charge in [-0.3, -0.25) is 0 Å². The summed E-state index contributed by atoms with van der Waals surface area (Å²) < 4.78 is 0. The largest absolute Gasteiger partial charge is 0.395 e. The molecule has 0 saturated heterocycles. The molecule has 3 N–H and O–H groups in total. The first-order valence-corrected chi connectivity index (χ1v) is 6.75. The van der Waals surface area contributed by atoms with Crippen LogP contribution in [-0.4, -0.2) is 23.0 Å². The van der Waals surface area contributed by atoms with Crippen LogP contribution in [0.25, 0.3) is 0 Å². The van der Waals surface area contributed by atoms with E-state index in [1.54, 1.807) is 11.8 Å². The molecule has 0 heterocycles. The second-order valence-corrected chi connectivity index (χ2v) is 5.96. The molecule has 1 aliphatic carbocycles. The van der Waals surface area contributed by atoms with Crippen LogP contribution in [0.5, 0.6) is 0 Å². The van der Waals surface area contributed by atoms with E-state index in [4.69, 9.17) is 17.3 Å². The lowest BCUT2D eigenvalue weighted by Crippen LogP contribution is -2.36. The number of rotatable bonds is 5. The highest BCUT2D eigenvalue weighted by molar-refractivity contribution is 8.00. The summed E-state index contributed by atoms with van der Waals surface area (Å²) in [5.41, 5.74) is 6.10. The Morgan fingerprint density at radius 2 is 2.00 bits per heavy atom. The smallest absolute Gasteiger partial charge is 0.0568 e. The molecular weight excluding hydrogens is 242 g/mol. The van der Waals surface area contributed by atoms with Crippen molar-refractivity contribution < 1.29 is 5.11 Å². The number of aliphatic hydroxyl groups excluding tert-OH is 1. The normalized spacial score (nSPS) is 19.4. The Morgan fingerprint density at radius 1 is 1.38 bits per heavy atom. The molecule has 1 aromatic rings. The van der Waals surface area contributed by atoms with Gasteiger partial charge in [-0.05, 0) is 43.0 Å². The number of aliphatic hydroxyl groups is 1. The second-order valence-electron chi connectivity index (χ2n) is 4.21. The van der Waals surface area contributed by atoms with Crippen molar-refractivity contribution in [3.63, 3.8) is 0 Å². The maximum absolute atomic E-state index is 9.36. The van der Waals surface area contributed by atoms with E-state index in [0.717, 1.165) is 9.92 Å². The third-order valence-electron chi connectivity index (χ3n) is 2.88. The van der Waals surface area contributed by atoms with Gasteiger partial charge in [-0.1, -0.05) is 11.6 Å². The molecule has 1 aromatic carbocycles. The quantitative estimate of drug-likeness (QED) is 0.797. The summed E-state index contributed by atoms with van der Waals surface area (Å²) in [7, 11) is 0. The van der Waals surface area contributed by atoms with Gasteiger partial charge in [-0.15, -0.1) is 11.8 Å². The molecule has 0 bridgehead atoms. The van der Waals surface area contributed by atoms with Crippen LogP contribution in [-0.2, 0) is 0 Å². The molecule has 2 rings (SSSR count). The molecular formula is C12H16ClNOS. The molecule has 2 unspecified atom stereocenters. The van der Waals surface area contributed by atoms with Gasteiger partial charge in [0, 0.05) is 21.2 Å². The summed E-state index contributed by atoms with van der Waals surface area (Å²) in [5, 5.41) is 10.2. The number of hydrogen-bond donors (Lipinski definition) is 2. The van der Waals surface area contributed by atoms with Crippen LogP contribution in [0.2, 0.25) is 5.02 Å². The second kappa shape index (κ2) is 5.41. The molecule has 0 radical (unpaired) electrons. The van der Waals surface area contributed by atoms with Crippen molar-refractivity contribution in [1.82, 2.24) is 0 Å². The Kier molecular flexibility index (Phi) is 4.14. The molecule has 1 aliphatic rings. The lowest BCUT2D eigenvalue weighted by atomic mass is 10.1. The fourth-order valence-corrected chi connectivity index (χ4v) is 2.93. The third-order valence-corrected chi connectivity index (χ3v) is 4.44. The molecule has 4 heteroatoms. The third kappa shape index (κ3) is 3.14. The molecule has 88 valence electrons. The van der Waals surface area contributed by atoms with Crippen LogP contribution < -0.4 is 5.73 Å². The minimum atomic E-state index is 0.0914. The van der Waals surface area contributed by atoms with E-state index < -0.39 is 0 Å². The fraction of sp³-hybridized carbons (Fsp3) is 0.500. The van der Waals surface area contributed by atoms with Crippen molar-refractivity contribution in [3.05, 3.63) is 29.3 Å². The van der Waals surface area contributed by atoms with Crippen LogP contribution in [0.3, 0.4) is 0 Å². The van der Waals surface area contributed by atoms with E-state index in [0.29, 0.717) is 5.92 Å². The first-order chi connectivity index (χ1) is 7.70. The zero-order valence-electron chi connectivity index (χ0n) is 8.97. The van der Waals surface area contributed by atoms with Crippen LogP contribution in [0.1, 0.15) is 12.8 Å². The van der Waals surface area contributed by atoms with Gasteiger partial charge in [0.1, 0.15) is 0 Å². The van der Waals surface area contributed by atoms with Crippen LogP contribution >= 0.6 is 23.4 Å². The van der Waals surface area contributed by atoms with Gasteiger partial charge in [0.05, 0.1) is 6.61 Å². The first-order valence-electron chi connectivity index (χ1n) is 5.49. The van der Waals surface area contributed by atoms with Crippen molar-refractivity contribution in [3.8, 4) is 0 Å². The molecule has 0 amide bonds. The Bertz CT molecular complexity index is 339. The van der Waals surface area contributed by atoms with Gasteiger partial charge in [0.15, 0.2) is 0 Å². The first kappa shape index (κ1) is 12.2. The molecule has 2 atom stereocenters. The highest BCUT2D eigenvalue weighted by atomic mass is 35.5. The summed E-state index contributed by atoms with van der Waals surface area (Å²) in [4.78, 5) is 1.11. The molecule has 0 aliphatic heterocycles. The van der Waals surface area contributed by atoms with E-state index in [2.05, 4.69) is 0 Å². The highest BCUT2D eigenvalue weighted by Gasteiger charge is 2.34. The number of hydrogen-bond acceptors (Lipinski definition) is 3. The van der Waals surface area contributed by atoms with E-state index in [1.165, 1.54) is 12.8 Å². The van der Waals surface area contributed by atoms with Gasteiger partial charge in [0.25, 0.3) is 0 Å². The molecule has 2 nitrogen and oxygen atoms in total. The van der Waals surface area contributed by atoms with Crippen molar-refractivity contribution in [2.24, 2.45) is 11.7 Å². The SMILES string of the molecule is NC(C1CC1)C(CO)Sc1ccc(Cl)cc1. The lowest BCUT2D eigenvalue weighted by molar-refractivity contribution is 0.277. The topological polar surface area (TPSA) is 46.2 Å². The van der Waals surface area contributed by atoms with Gasteiger partial charge >= 0.3 is 0 Å². The Hall–Kier alpha value is -0.220. The molecule has 1 fully saturated rings. The lowest BCUT2D eigenvalue weighted by Gasteiger charge is -2.21. The summed E-state index contributed by atoms with van der Waals surface area (Å²) in [6.45, 7) is 0.130. The van der Waals surface area contributed by atoms with E-state index >= 15 is 0 Å². The van der Waals surface area contributed by atoms with Crippen LogP contribution in [0, 0.1) is 5.92 Å². The highest BCUT2D eigenvalue weighted by Crippen LogP contribution is 2.37. The van der Waals surface area contributed by atoms with Crippen molar-refractivity contribution >= 4 is 23.4 Å². The Morgan fingerprint density at radius 3 is 2.50 bits per heavy atom. The molecule has 1 saturated carbocycles. The maximum Gasteiger partial charge on any atom is 0.0568 e. The number of nitrogens with two attached hydrogens (primary N) is 1. The standard InChI is InChI=1S/C12H16ClNOS/c13-9-3-5-10(6-4-9)16-11(7-15)12(14)8-1-2-8/h3-6,8,11-12,15H,1-2,7,14H2. The van der Waals surface area contributed by atoms with Gasteiger partial charge in [-0.25, -0.2) is 0 Å². The summed E-state index contributed by atoms with van der Waals surface area (Å²) in [6, 6.07) is 7.76. The molecule has 0 aromatic heterocycles.